The van der Waals surface area contributed by atoms with Crippen LogP contribution < -0.4 is 10.6 Å². The van der Waals surface area contributed by atoms with Crippen molar-refractivity contribution in [3.05, 3.63) is 29.6 Å². The number of nitrogens with zero attached hydrogens (tertiary/aromatic N) is 1. The van der Waals surface area contributed by atoms with Crippen molar-refractivity contribution >= 4 is 5.69 Å². The van der Waals surface area contributed by atoms with E-state index >= 15 is 0 Å². The van der Waals surface area contributed by atoms with Gasteiger partial charge in [0.25, 0.3) is 0 Å². The minimum Gasteiger partial charge on any atom is -0.381 e. The Hall–Kier alpha value is -1.13. The van der Waals surface area contributed by atoms with Gasteiger partial charge in [0, 0.05) is 20.2 Å². The maximum Gasteiger partial charge on any atom is 0.146 e. The average Bonchev–Trinajstić information content (AvgIpc) is 2.40. The predicted molar refractivity (Wildman–Crippen MR) is 76.0 cm³/mol. The van der Waals surface area contributed by atoms with Gasteiger partial charge in [-0.3, -0.25) is 0 Å². The van der Waals surface area contributed by atoms with Crippen LogP contribution in [0.25, 0.3) is 0 Å². The van der Waals surface area contributed by atoms with Crippen molar-refractivity contribution in [3.8, 4) is 0 Å². The number of hydrogen-bond acceptors (Lipinski definition) is 3. The summed E-state index contributed by atoms with van der Waals surface area (Å²) in [5.41, 5.74) is 7.10. The van der Waals surface area contributed by atoms with Crippen LogP contribution in [0.2, 0.25) is 0 Å². The van der Waals surface area contributed by atoms with E-state index in [1.54, 1.807) is 6.07 Å². The van der Waals surface area contributed by atoms with E-state index in [4.69, 9.17) is 10.5 Å². The standard InChI is InChI=1S/C15H23FN2O/c1-18(10-13-3-2-8-19-11-13)15-5-4-12(6-7-17)9-14(15)16/h4-5,9,13H,2-3,6-8,10-11,17H2,1H3. The first-order chi connectivity index (χ1) is 9.20. The highest BCUT2D eigenvalue weighted by atomic mass is 19.1. The number of rotatable bonds is 5. The molecule has 1 heterocycles. The molecule has 1 saturated heterocycles. The minimum atomic E-state index is -0.162. The summed E-state index contributed by atoms with van der Waals surface area (Å²) in [6.45, 7) is 3.04. The molecule has 19 heavy (non-hydrogen) atoms. The van der Waals surface area contributed by atoms with Crippen LogP contribution in [0.4, 0.5) is 10.1 Å². The van der Waals surface area contributed by atoms with Gasteiger partial charge in [-0.2, -0.15) is 0 Å². The predicted octanol–water partition coefficient (Wildman–Crippen LogP) is 2.19. The van der Waals surface area contributed by atoms with Gasteiger partial charge < -0.3 is 15.4 Å². The fraction of sp³-hybridized carbons (Fsp3) is 0.600. The molecule has 0 spiro atoms. The molecule has 2 rings (SSSR count). The van der Waals surface area contributed by atoms with Gasteiger partial charge in [-0.1, -0.05) is 6.07 Å². The number of anilines is 1. The topological polar surface area (TPSA) is 38.5 Å². The molecule has 0 aliphatic carbocycles. The third-order valence-corrected chi connectivity index (χ3v) is 3.64. The van der Waals surface area contributed by atoms with E-state index in [1.165, 1.54) is 0 Å². The van der Waals surface area contributed by atoms with Crippen LogP contribution in [0.5, 0.6) is 0 Å². The van der Waals surface area contributed by atoms with Gasteiger partial charge >= 0.3 is 0 Å². The maximum atomic E-state index is 14.1. The lowest BCUT2D eigenvalue weighted by Crippen LogP contribution is -2.31. The summed E-state index contributed by atoms with van der Waals surface area (Å²) in [6, 6.07) is 5.40. The van der Waals surface area contributed by atoms with Crippen molar-refractivity contribution in [2.45, 2.75) is 19.3 Å². The second kappa shape index (κ2) is 6.87. The Labute approximate surface area is 114 Å². The van der Waals surface area contributed by atoms with Crippen LogP contribution in [-0.4, -0.2) is 33.4 Å². The van der Waals surface area contributed by atoms with E-state index in [1.807, 2.05) is 24.1 Å². The van der Waals surface area contributed by atoms with E-state index in [-0.39, 0.29) is 5.82 Å². The number of nitrogens with two attached hydrogens (primary N) is 1. The molecule has 1 aliphatic heterocycles. The minimum absolute atomic E-state index is 0.162. The summed E-state index contributed by atoms with van der Waals surface area (Å²) in [7, 11) is 1.94. The van der Waals surface area contributed by atoms with E-state index in [2.05, 4.69) is 0 Å². The third-order valence-electron chi connectivity index (χ3n) is 3.64. The molecule has 1 unspecified atom stereocenters. The molecule has 1 aliphatic rings. The summed E-state index contributed by atoms with van der Waals surface area (Å²) in [5.74, 6) is 0.340. The number of hydrogen-bond donors (Lipinski definition) is 1. The van der Waals surface area contributed by atoms with Crippen molar-refractivity contribution in [1.29, 1.82) is 0 Å². The van der Waals surface area contributed by atoms with Gasteiger partial charge in [-0.15, -0.1) is 0 Å². The Morgan fingerprint density at radius 3 is 2.95 bits per heavy atom. The second-order valence-corrected chi connectivity index (χ2v) is 5.29. The zero-order valence-electron chi connectivity index (χ0n) is 11.6. The quantitative estimate of drug-likeness (QED) is 0.888. The van der Waals surface area contributed by atoms with Gasteiger partial charge in [-0.25, -0.2) is 4.39 Å². The molecule has 0 aromatic heterocycles. The fourth-order valence-corrected chi connectivity index (χ4v) is 2.62. The van der Waals surface area contributed by atoms with Crippen molar-refractivity contribution in [3.63, 3.8) is 0 Å². The molecule has 0 radical (unpaired) electrons. The van der Waals surface area contributed by atoms with Crippen LogP contribution in [0.15, 0.2) is 18.2 Å². The molecule has 1 aromatic carbocycles. The molecule has 0 bridgehead atoms. The molecule has 106 valence electrons. The van der Waals surface area contributed by atoms with Gasteiger partial charge in [-0.05, 0) is 49.4 Å². The molecule has 1 aromatic rings. The van der Waals surface area contributed by atoms with Crippen molar-refractivity contribution in [2.75, 3.05) is 38.3 Å². The van der Waals surface area contributed by atoms with Crippen molar-refractivity contribution in [1.82, 2.24) is 0 Å². The lowest BCUT2D eigenvalue weighted by atomic mass is 10.0. The first kappa shape index (κ1) is 14.3. The summed E-state index contributed by atoms with van der Waals surface area (Å²) < 4.78 is 19.5. The van der Waals surface area contributed by atoms with Crippen LogP contribution in [0, 0.1) is 11.7 Å². The van der Waals surface area contributed by atoms with E-state index < -0.39 is 0 Å². The zero-order chi connectivity index (χ0) is 13.7. The summed E-state index contributed by atoms with van der Waals surface area (Å²) in [6.07, 6.45) is 2.99. The number of ether oxygens (including phenoxy) is 1. The van der Waals surface area contributed by atoms with E-state index in [0.717, 1.165) is 44.6 Å². The van der Waals surface area contributed by atoms with Crippen LogP contribution in [0.1, 0.15) is 18.4 Å². The van der Waals surface area contributed by atoms with Crippen molar-refractivity contribution < 1.29 is 9.13 Å². The molecular weight excluding hydrogens is 243 g/mol. The van der Waals surface area contributed by atoms with E-state index in [0.29, 0.717) is 18.2 Å². The highest BCUT2D eigenvalue weighted by Crippen LogP contribution is 2.22. The highest BCUT2D eigenvalue weighted by molar-refractivity contribution is 5.48. The largest absolute Gasteiger partial charge is 0.381 e. The Balaban J connectivity index is 1.99. The zero-order valence-corrected chi connectivity index (χ0v) is 11.6. The fourth-order valence-electron chi connectivity index (χ4n) is 2.62. The van der Waals surface area contributed by atoms with Gasteiger partial charge in [0.2, 0.25) is 0 Å². The van der Waals surface area contributed by atoms with Gasteiger partial charge in [0.05, 0.1) is 12.3 Å². The molecule has 3 nitrogen and oxygen atoms in total. The maximum absolute atomic E-state index is 14.1. The average molecular weight is 266 g/mol. The normalized spacial score (nSPS) is 19.4. The first-order valence-corrected chi connectivity index (χ1v) is 6.98. The second-order valence-electron chi connectivity index (χ2n) is 5.29. The van der Waals surface area contributed by atoms with Crippen molar-refractivity contribution in [2.24, 2.45) is 11.7 Å². The Morgan fingerprint density at radius 2 is 2.32 bits per heavy atom. The van der Waals surface area contributed by atoms with Crippen LogP contribution >= 0.6 is 0 Å². The van der Waals surface area contributed by atoms with Crippen LogP contribution in [-0.2, 0) is 11.2 Å². The number of halogens is 1. The third kappa shape index (κ3) is 3.91. The molecular formula is C15H23FN2O. The summed E-state index contributed by atoms with van der Waals surface area (Å²) >= 11 is 0. The van der Waals surface area contributed by atoms with Crippen LogP contribution in [0.3, 0.4) is 0 Å². The lowest BCUT2D eigenvalue weighted by molar-refractivity contribution is 0.0576. The van der Waals surface area contributed by atoms with E-state index in [9.17, 15) is 4.39 Å². The molecule has 4 heteroatoms. The molecule has 1 fully saturated rings. The molecule has 0 amide bonds. The smallest absolute Gasteiger partial charge is 0.146 e. The monoisotopic (exact) mass is 266 g/mol. The lowest BCUT2D eigenvalue weighted by Gasteiger charge is -2.28. The first-order valence-electron chi connectivity index (χ1n) is 6.98. The Morgan fingerprint density at radius 1 is 1.47 bits per heavy atom. The summed E-state index contributed by atoms with van der Waals surface area (Å²) in [4.78, 5) is 1.99. The highest BCUT2D eigenvalue weighted by Gasteiger charge is 2.17. The number of benzene rings is 1. The Kier molecular flexibility index (Phi) is 5.16. The Bertz CT molecular complexity index is 405. The molecule has 2 N–H and O–H groups in total. The summed E-state index contributed by atoms with van der Waals surface area (Å²) in [5, 5.41) is 0. The van der Waals surface area contributed by atoms with Gasteiger partial charge in [0.15, 0.2) is 0 Å². The van der Waals surface area contributed by atoms with Gasteiger partial charge in [0.1, 0.15) is 5.82 Å². The molecule has 0 saturated carbocycles. The molecule has 1 atom stereocenters. The SMILES string of the molecule is CN(CC1CCCOC1)c1ccc(CCN)cc1F.